The molecule has 5 heteroatoms. The fraction of sp³-hybridized carbons (Fsp3) is 0.846. The summed E-state index contributed by atoms with van der Waals surface area (Å²) in [7, 11) is 0. The van der Waals surface area contributed by atoms with E-state index in [0.717, 1.165) is 50.7 Å². The highest BCUT2D eigenvalue weighted by molar-refractivity contribution is 5.02. The Morgan fingerprint density at radius 1 is 1.39 bits per heavy atom. The molecule has 18 heavy (non-hydrogen) atoms. The quantitative estimate of drug-likeness (QED) is 0.830. The molecule has 0 bridgehead atoms. The number of nitrogens with zero attached hydrogens (tertiary/aromatic N) is 3. The van der Waals surface area contributed by atoms with Crippen molar-refractivity contribution in [2.24, 2.45) is 0 Å². The molecule has 1 saturated heterocycles. The van der Waals surface area contributed by atoms with Gasteiger partial charge in [-0.05, 0) is 33.0 Å². The van der Waals surface area contributed by atoms with Crippen LogP contribution in [0.25, 0.3) is 0 Å². The summed E-state index contributed by atoms with van der Waals surface area (Å²) in [4.78, 5) is 6.91. The summed E-state index contributed by atoms with van der Waals surface area (Å²) in [5.41, 5.74) is 0. The summed E-state index contributed by atoms with van der Waals surface area (Å²) in [5, 5.41) is 7.50. The smallest absolute Gasteiger partial charge is 0.231 e. The molecule has 2 rings (SSSR count). The van der Waals surface area contributed by atoms with Crippen LogP contribution < -0.4 is 5.32 Å². The molecule has 2 unspecified atom stereocenters. The first-order chi connectivity index (χ1) is 8.74. The van der Waals surface area contributed by atoms with Crippen LogP contribution in [-0.4, -0.2) is 47.3 Å². The number of hydrogen-bond acceptors (Lipinski definition) is 5. The van der Waals surface area contributed by atoms with Crippen molar-refractivity contribution in [2.75, 3.05) is 26.2 Å². The van der Waals surface area contributed by atoms with Crippen LogP contribution in [0.5, 0.6) is 0 Å². The third kappa shape index (κ3) is 3.09. The normalized spacial score (nSPS) is 24.0. The van der Waals surface area contributed by atoms with Crippen LogP contribution in [0.1, 0.15) is 44.8 Å². The van der Waals surface area contributed by atoms with Crippen LogP contribution in [-0.2, 0) is 6.42 Å². The van der Waals surface area contributed by atoms with Crippen molar-refractivity contribution in [1.29, 1.82) is 0 Å². The Bertz CT molecular complexity index is 362. The second-order valence-corrected chi connectivity index (χ2v) is 4.96. The average molecular weight is 252 g/mol. The number of nitrogens with one attached hydrogen (secondary N) is 1. The molecule has 1 aliphatic rings. The molecule has 102 valence electrons. The lowest BCUT2D eigenvalue weighted by atomic mass is 10.0. The van der Waals surface area contributed by atoms with Gasteiger partial charge in [-0.3, -0.25) is 0 Å². The molecule has 0 aliphatic carbocycles. The van der Waals surface area contributed by atoms with Gasteiger partial charge in [-0.2, -0.15) is 4.98 Å². The number of likely N-dealkylation sites (N-methyl/N-ethyl adjacent to an activating group) is 1. The summed E-state index contributed by atoms with van der Waals surface area (Å²) in [6.45, 7) is 10.7. The lowest BCUT2D eigenvalue weighted by Gasteiger charge is -2.16. The van der Waals surface area contributed by atoms with Gasteiger partial charge < -0.3 is 14.7 Å². The first-order valence-corrected chi connectivity index (χ1v) is 7.02. The minimum Gasteiger partial charge on any atom is -0.339 e. The molecule has 0 saturated carbocycles. The maximum atomic E-state index is 5.40. The molecular formula is C13H24N4O. The minimum atomic E-state index is 0.389. The van der Waals surface area contributed by atoms with Crippen molar-refractivity contribution < 1.29 is 4.52 Å². The average Bonchev–Trinajstić information content (AvgIpc) is 2.99. The zero-order valence-corrected chi connectivity index (χ0v) is 11.6. The van der Waals surface area contributed by atoms with E-state index in [-0.39, 0.29) is 0 Å². The van der Waals surface area contributed by atoms with E-state index in [1.165, 1.54) is 0 Å². The highest BCUT2D eigenvalue weighted by atomic mass is 16.5. The number of aromatic nitrogens is 2. The van der Waals surface area contributed by atoms with E-state index < -0.39 is 0 Å². The lowest BCUT2D eigenvalue weighted by Crippen LogP contribution is -2.25. The van der Waals surface area contributed by atoms with Crippen molar-refractivity contribution in [3.63, 3.8) is 0 Å². The van der Waals surface area contributed by atoms with Crippen LogP contribution in [0.3, 0.4) is 0 Å². The maximum absolute atomic E-state index is 5.40. The SMILES string of the molecule is CCN(CC)CCc1noc(C2CCNC2C)n1. The van der Waals surface area contributed by atoms with Crippen molar-refractivity contribution >= 4 is 0 Å². The van der Waals surface area contributed by atoms with Crippen LogP contribution in [0.2, 0.25) is 0 Å². The molecule has 2 heterocycles. The Hall–Kier alpha value is -0.940. The Kier molecular flexibility index (Phi) is 4.72. The van der Waals surface area contributed by atoms with Gasteiger partial charge in [-0.15, -0.1) is 0 Å². The number of rotatable bonds is 6. The second kappa shape index (κ2) is 6.29. The van der Waals surface area contributed by atoms with Gasteiger partial charge >= 0.3 is 0 Å². The summed E-state index contributed by atoms with van der Waals surface area (Å²) in [5.74, 6) is 2.04. The second-order valence-electron chi connectivity index (χ2n) is 4.96. The standard InChI is InChI=1S/C13H24N4O/c1-4-17(5-2)9-7-12-15-13(18-16-12)11-6-8-14-10(11)3/h10-11,14H,4-9H2,1-3H3. The molecule has 1 aliphatic heterocycles. The van der Waals surface area contributed by atoms with Gasteiger partial charge in [-0.1, -0.05) is 19.0 Å². The van der Waals surface area contributed by atoms with E-state index >= 15 is 0 Å². The van der Waals surface area contributed by atoms with Crippen molar-refractivity contribution in [2.45, 2.75) is 45.6 Å². The van der Waals surface area contributed by atoms with Crippen LogP contribution in [0.4, 0.5) is 0 Å². The van der Waals surface area contributed by atoms with Crippen LogP contribution in [0, 0.1) is 0 Å². The van der Waals surface area contributed by atoms with Gasteiger partial charge in [0.1, 0.15) is 0 Å². The molecule has 1 N–H and O–H groups in total. The molecule has 0 radical (unpaired) electrons. The molecule has 1 aromatic rings. The molecule has 0 aromatic carbocycles. The molecule has 2 atom stereocenters. The third-order valence-corrected chi connectivity index (χ3v) is 3.87. The van der Waals surface area contributed by atoms with E-state index in [2.05, 4.69) is 41.1 Å². The molecule has 0 amide bonds. The van der Waals surface area contributed by atoms with Crippen molar-refractivity contribution in [1.82, 2.24) is 20.4 Å². The fourth-order valence-corrected chi connectivity index (χ4v) is 2.51. The molecule has 0 spiro atoms. The largest absolute Gasteiger partial charge is 0.339 e. The fourth-order valence-electron chi connectivity index (χ4n) is 2.51. The van der Waals surface area contributed by atoms with E-state index in [9.17, 15) is 0 Å². The first-order valence-electron chi connectivity index (χ1n) is 7.02. The molecule has 1 fully saturated rings. The van der Waals surface area contributed by atoms with Crippen molar-refractivity contribution in [3.05, 3.63) is 11.7 Å². The summed E-state index contributed by atoms with van der Waals surface area (Å²) >= 11 is 0. The van der Waals surface area contributed by atoms with Gasteiger partial charge in [0.25, 0.3) is 0 Å². The van der Waals surface area contributed by atoms with E-state index in [1.54, 1.807) is 0 Å². The monoisotopic (exact) mass is 252 g/mol. The summed E-state index contributed by atoms with van der Waals surface area (Å²) in [6, 6.07) is 0.445. The maximum Gasteiger partial charge on any atom is 0.231 e. The highest BCUT2D eigenvalue weighted by Gasteiger charge is 2.29. The van der Waals surface area contributed by atoms with E-state index in [4.69, 9.17) is 4.52 Å². The van der Waals surface area contributed by atoms with Gasteiger partial charge in [-0.25, -0.2) is 0 Å². The summed E-state index contributed by atoms with van der Waals surface area (Å²) in [6.07, 6.45) is 1.97. The Labute approximate surface area is 109 Å². The van der Waals surface area contributed by atoms with Gasteiger partial charge in [0.15, 0.2) is 5.82 Å². The Balaban J connectivity index is 1.90. The molecular weight excluding hydrogens is 228 g/mol. The van der Waals surface area contributed by atoms with Gasteiger partial charge in [0, 0.05) is 19.0 Å². The predicted octanol–water partition coefficient (Wildman–Crippen LogP) is 1.42. The topological polar surface area (TPSA) is 54.2 Å². The van der Waals surface area contributed by atoms with Crippen LogP contribution in [0.15, 0.2) is 4.52 Å². The molecule has 1 aromatic heterocycles. The first kappa shape index (κ1) is 13.5. The van der Waals surface area contributed by atoms with Crippen molar-refractivity contribution in [3.8, 4) is 0 Å². The Morgan fingerprint density at radius 2 is 2.17 bits per heavy atom. The third-order valence-electron chi connectivity index (χ3n) is 3.87. The highest BCUT2D eigenvalue weighted by Crippen LogP contribution is 2.25. The summed E-state index contributed by atoms with van der Waals surface area (Å²) < 4.78 is 5.40. The van der Waals surface area contributed by atoms with E-state index in [0.29, 0.717) is 12.0 Å². The van der Waals surface area contributed by atoms with Crippen LogP contribution >= 0.6 is 0 Å². The zero-order chi connectivity index (χ0) is 13.0. The van der Waals surface area contributed by atoms with E-state index in [1.807, 2.05) is 0 Å². The molecule has 5 nitrogen and oxygen atoms in total. The number of hydrogen-bond donors (Lipinski definition) is 1. The lowest BCUT2D eigenvalue weighted by molar-refractivity contribution is 0.301. The minimum absolute atomic E-state index is 0.389. The zero-order valence-electron chi connectivity index (χ0n) is 11.6. The van der Waals surface area contributed by atoms with Gasteiger partial charge in [0.2, 0.25) is 5.89 Å². The Morgan fingerprint density at radius 3 is 2.78 bits per heavy atom. The predicted molar refractivity (Wildman–Crippen MR) is 70.6 cm³/mol. The van der Waals surface area contributed by atoms with Gasteiger partial charge in [0.05, 0.1) is 5.92 Å².